The van der Waals surface area contributed by atoms with E-state index >= 15 is 0 Å². The minimum absolute atomic E-state index is 0.169. The zero-order valence-electron chi connectivity index (χ0n) is 9.65. The minimum Gasteiger partial charge on any atom is -0.393 e. The SMILES string of the molecule is Cn1cc(C(=O)NCC(C)(C)C(N)=S)cn1. The summed E-state index contributed by atoms with van der Waals surface area (Å²) < 4.78 is 1.58. The Morgan fingerprint density at radius 2 is 2.31 bits per heavy atom. The molecule has 0 fully saturated rings. The molecule has 0 atom stereocenters. The minimum atomic E-state index is -0.382. The molecule has 1 rings (SSSR count). The molecule has 0 radical (unpaired) electrons. The Hall–Kier alpha value is -1.43. The van der Waals surface area contributed by atoms with E-state index < -0.39 is 0 Å². The summed E-state index contributed by atoms with van der Waals surface area (Å²) in [5.74, 6) is -0.169. The maximum absolute atomic E-state index is 11.7. The Morgan fingerprint density at radius 1 is 1.69 bits per heavy atom. The second-order valence-electron chi connectivity index (χ2n) is 4.33. The van der Waals surface area contributed by atoms with Gasteiger partial charge in [0.2, 0.25) is 0 Å². The summed E-state index contributed by atoms with van der Waals surface area (Å²) in [6.07, 6.45) is 3.17. The highest BCUT2D eigenvalue weighted by molar-refractivity contribution is 7.80. The van der Waals surface area contributed by atoms with Gasteiger partial charge >= 0.3 is 0 Å². The third kappa shape index (κ3) is 3.03. The van der Waals surface area contributed by atoms with E-state index in [-0.39, 0.29) is 11.3 Å². The molecule has 1 aromatic heterocycles. The van der Waals surface area contributed by atoms with Crippen LogP contribution in [0.15, 0.2) is 12.4 Å². The van der Waals surface area contributed by atoms with E-state index in [0.717, 1.165) is 0 Å². The molecule has 1 amide bonds. The Labute approximate surface area is 100 Å². The van der Waals surface area contributed by atoms with Crippen LogP contribution >= 0.6 is 12.2 Å². The van der Waals surface area contributed by atoms with Crippen LogP contribution in [0.5, 0.6) is 0 Å². The summed E-state index contributed by atoms with van der Waals surface area (Å²) in [5.41, 5.74) is 5.71. The largest absolute Gasteiger partial charge is 0.393 e. The van der Waals surface area contributed by atoms with Gasteiger partial charge in [-0.1, -0.05) is 26.1 Å². The van der Waals surface area contributed by atoms with Crippen LogP contribution in [0, 0.1) is 5.41 Å². The zero-order chi connectivity index (χ0) is 12.3. The average Bonchev–Trinajstić information content (AvgIpc) is 2.61. The number of nitrogens with one attached hydrogen (secondary N) is 1. The van der Waals surface area contributed by atoms with E-state index in [1.54, 1.807) is 17.9 Å². The molecule has 0 spiro atoms. The number of thiocarbonyl (C=S) groups is 1. The van der Waals surface area contributed by atoms with Gasteiger partial charge in [0.05, 0.1) is 16.7 Å². The van der Waals surface area contributed by atoms with Crippen molar-refractivity contribution < 1.29 is 4.79 Å². The van der Waals surface area contributed by atoms with Crippen molar-refractivity contribution in [2.24, 2.45) is 18.2 Å². The molecular formula is C10H16N4OS. The zero-order valence-corrected chi connectivity index (χ0v) is 10.5. The van der Waals surface area contributed by atoms with Crippen LogP contribution in [0.3, 0.4) is 0 Å². The fraction of sp³-hybridized carbons (Fsp3) is 0.500. The number of nitrogens with two attached hydrogens (primary N) is 1. The average molecular weight is 240 g/mol. The van der Waals surface area contributed by atoms with Crippen LogP contribution in [0.25, 0.3) is 0 Å². The second-order valence-corrected chi connectivity index (χ2v) is 4.77. The van der Waals surface area contributed by atoms with Crippen molar-refractivity contribution in [2.45, 2.75) is 13.8 Å². The number of hydrogen-bond acceptors (Lipinski definition) is 3. The predicted octanol–water partition coefficient (Wildman–Crippen LogP) is 0.462. The first-order chi connectivity index (χ1) is 7.33. The van der Waals surface area contributed by atoms with Gasteiger partial charge in [0, 0.05) is 25.2 Å². The first-order valence-electron chi connectivity index (χ1n) is 4.89. The molecule has 6 heteroatoms. The Bertz CT molecular complexity index is 411. The third-order valence-corrected chi connectivity index (χ3v) is 2.88. The van der Waals surface area contributed by atoms with Crippen molar-refractivity contribution in [1.29, 1.82) is 0 Å². The highest BCUT2D eigenvalue weighted by Crippen LogP contribution is 2.13. The van der Waals surface area contributed by atoms with Crippen LogP contribution in [0.2, 0.25) is 0 Å². The van der Waals surface area contributed by atoms with Gasteiger partial charge in [-0.3, -0.25) is 9.48 Å². The van der Waals surface area contributed by atoms with Crippen LogP contribution < -0.4 is 11.1 Å². The quantitative estimate of drug-likeness (QED) is 0.750. The van der Waals surface area contributed by atoms with Crippen LogP contribution in [0.1, 0.15) is 24.2 Å². The van der Waals surface area contributed by atoms with Crippen LogP contribution in [-0.4, -0.2) is 27.2 Å². The van der Waals surface area contributed by atoms with Gasteiger partial charge in [-0.05, 0) is 0 Å². The lowest BCUT2D eigenvalue weighted by Gasteiger charge is -2.23. The molecule has 16 heavy (non-hydrogen) atoms. The summed E-state index contributed by atoms with van der Waals surface area (Å²) in [5, 5.41) is 6.70. The van der Waals surface area contributed by atoms with Crippen molar-refractivity contribution in [2.75, 3.05) is 6.54 Å². The van der Waals surface area contributed by atoms with E-state index in [1.165, 1.54) is 6.20 Å². The van der Waals surface area contributed by atoms with Gasteiger partial charge in [-0.2, -0.15) is 5.10 Å². The first kappa shape index (κ1) is 12.6. The summed E-state index contributed by atoms with van der Waals surface area (Å²) in [7, 11) is 1.76. The number of carbonyl (C=O) groups is 1. The summed E-state index contributed by atoms with van der Waals surface area (Å²) in [4.78, 5) is 12.1. The van der Waals surface area contributed by atoms with Crippen molar-refractivity contribution >= 4 is 23.1 Å². The summed E-state index contributed by atoms with van der Waals surface area (Å²) in [6.45, 7) is 4.19. The van der Waals surface area contributed by atoms with Crippen molar-refractivity contribution in [1.82, 2.24) is 15.1 Å². The summed E-state index contributed by atoms with van der Waals surface area (Å²) in [6, 6.07) is 0. The molecule has 88 valence electrons. The Balaban J connectivity index is 2.57. The molecule has 5 nitrogen and oxygen atoms in total. The molecule has 0 aliphatic heterocycles. The normalized spacial score (nSPS) is 11.2. The number of carbonyl (C=O) groups excluding carboxylic acids is 1. The number of hydrogen-bond donors (Lipinski definition) is 2. The monoisotopic (exact) mass is 240 g/mol. The molecule has 0 unspecified atom stereocenters. The van der Waals surface area contributed by atoms with Gasteiger partial charge in [0.25, 0.3) is 5.91 Å². The third-order valence-electron chi connectivity index (χ3n) is 2.32. The van der Waals surface area contributed by atoms with E-state index in [9.17, 15) is 4.79 Å². The molecule has 0 aliphatic rings. The van der Waals surface area contributed by atoms with E-state index in [2.05, 4.69) is 10.4 Å². The van der Waals surface area contributed by atoms with E-state index in [0.29, 0.717) is 17.1 Å². The second kappa shape index (κ2) is 4.61. The molecule has 3 N–H and O–H groups in total. The maximum atomic E-state index is 11.7. The molecule has 0 saturated carbocycles. The highest BCUT2D eigenvalue weighted by atomic mass is 32.1. The molecule has 0 saturated heterocycles. The molecule has 1 heterocycles. The van der Waals surface area contributed by atoms with Crippen molar-refractivity contribution in [3.63, 3.8) is 0 Å². The maximum Gasteiger partial charge on any atom is 0.254 e. The Kier molecular flexibility index (Phi) is 3.64. The molecule has 0 aromatic carbocycles. The topological polar surface area (TPSA) is 72.9 Å². The van der Waals surface area contributed by atoms with Crippen LogP contribution in [-0.2, 0) is 7.05 Å². The standard InChI is InChI=1S/C10H16N4OS/c1-10(2,9(11)16)6-12-8(15)7-4-13-14(3)5-7/h4-5H,6H2,1-3H3,(H2,11,16)(H,12,15). The van der Waals surface area contributed by atoms with Gasteiger partial charge < -0.3 is 11.1 Å². The molecule has 1 aromatic rings. The fourth-order valence-corrected chi connectivity index (χ4v) is 1.10. The van der Waals surface area contributed by atoms with Crippen molar-refractivity contribution in [3.8, 4) is 0 Å². The van der Waals surface area contributed by atoms with Crippen LogP contribution in [0.4, 0.5) is 0 Å². The number of aryl methyl sites for hydroxylation is 1. The van der Waals surface area contributed by atoms with Gasteiger partial charge in [-0.25, -0.2) is 0 Å². The van der Waals surface area contributed by atoms with Gasteiger partial charge in [-0.15, -0.1) is 0 Å². The van der Waals surface area contributed by atoms with Crippen molar-refractivity contribution in [3.05, 3.63) is 18.0 Å². The summed E-state index contributed by atoms with van der Waals surface area (Å²) >= 11 is 4.91. The molecule has 0 aliphatic carbocycles. The number of nitrogens with zero attached hydrogens (tertiary/aromatic N) is 2. The fourth-order valence-electron chi connectivity index (χ4n) is 1.03. The number of aromatic nitrogens is 2. The van der Waals surface area contributed by atoms with E-state index in [1.807, 2.05) is 13.8 Å². The molecule has 0 bridgehead atoms. The highest BCUT2D eigenvalue weighted by Gasteiger charge is 2.22. The lowest BCUT2D eigenvalue weighted by atomic mass is 9.93. The van der Waals surface area contributed by atoms with Gasteiger partial charge in [0.15, 0.2) is 0 Å². The Morgan fingerprint density at radius 3 is 2.75 bits per heavy atom. The van der Waals surface area contributed by atoms with E-state index in [4.69, 9.17) is 18.0 Å². The lowest BCUT2D eigenvalue weighted by molar-refractivity contribution is 0.0945. The first-order valence-corrected chi connectivity index (χ1v) is 5.30. The smallest absolute Gasteiger partial charge is 0.254 e. The lowest BCUT2D eigenvalue weighted by Crippen LogP contribution is -2.41. The molecular weight excluding hydrogens is 224 g/mol. The predicted molar refractivity (Wildman–Crippen MR) is 66.1 cm³/mol. The van der Waals surface area contributed by atoms with Gasteiger partial charge in [0.1, 0.15) is 0 Å². The number of amides is 1. The number of rotatable bonds is 4.